The van der Waals surface area contributed by atoms with E-state index in [4.69, 9.17) is 16.6 Å². The number of aromatic nitrogens is 2. The van der Waals surface area contributed by atoms with Crippen molar-refractivity contribution in [1.82, 2.24) is 14.9 Å². The summed E-state index contributed by atoms with van der Waals surface area (Å²) in [6.45, 7) is 4.78. The zero-order chi connectivity index (χ0) is 21.9. The molecule has 164 valence electrons. The Bertz CT molecular complexity index is 1200. The number of hydrogen-bond acceptors (Lipinski definition) is 5. The van der Waals surface area contributed by atoms with E-state index in [1.165, 1.54) is 38.4 Å². The van der Waals surface area contributed by atoms with Gasteiger partial charge in [-0.25, -0.2) is 9.37 Å². The smallest absolute Gasteiger partial charge is 0.132 e. The molecule has 2 aromatic heterocycles. The Hall–Kier alpha value is -2.83. The lowest BCUT2D eigenvalue weighted by Gasteiger charge is -2.26. The van der Waals surface area contributed by atoms with E-state index in [2.05, 4.69) is 20.2 Å². The van der Waals surface area contributed by atoms with E-state index in [0.717, 1.165) is 41.1 Å². The minimum Gasteiger partial charge on any atom is -0.382 e. The third-order valence-electron chi connectivity index (χ3n) is 6.00. The van der Waals surface area contributed by atoms with E-state index in [-0.39, 0.29) is 5.82 Å². The molecule has 3 aromatic rings. The van der Waals surface area contributed by atoms with Gasteiger partial charge in [0.2, 0.25) is 0 Å². The first kappa shape index (κ1) is 21.0. The van der Waals surface area contributed by atoms with Gasteiger partial charge in [-0.15, -0.1) is 0 Å². The van der Waals surface area contributed by atoms with Gasteiger partial charge in [-0.3, -0.25) is 9.98 Å². The van der Waals surface area contributed by atoms with Crippen LogP contribution in [0.2, 0.25) is 5.02 Å². The topological polar surface area (TPSA) is 53.4 Å². The van der Waals surface area contributed by atoms with Crippen LogP contribution in [0.25, 0.3) is 16.6 Å². The van der Waals surface area contributed by atoms with Gasteiger partial charge in [-0.05, 0) is 62.3 Å². The first-order chi connectivity index (χ1) is 15.7. The minimum atomic E-state index is -0.344. The summed E-state index contributed by atoms with van der Waals surface area (Å²) in [6.07, 6.45) is 7.76. The van der Waals surface area contributed by atoms with Gasteiger partial charge < -0.3 is 10.2 Å². The minimum absolute atomic E-state index is 0.344. The number of rotatable bonds is 6. The SMILES string of the molecule is Fc1ccc(Cl)cc1C1=NCC=C1c1ccc2ncc(NCCN3CCCCC3)cc2n1. The first-order valence-electron chi connectivity index (χ1n) is 11.1. The Morgan fingerprint density at radius 2 is 1.91 bits per heavy atom. The Morgan fingerprint density at radius 3 is 2.78 bits per heavy atom. The number of hydrogen-bond donors (Lipinski definition) is 1. The largest absolute Gasteiger partial charge is 0.382 e. The van der Waals surface area contributed by atoms with Gasteiger partial charge in [0.25, 0.3) is 0 Å². The number of nitrogens with one attached hydrogen (secondary N) is 1. The summed E-state index contributed by atoms with van der Waals surface area (Å²) in [6, 6.07) is 10.4. The van der Waals surface area contributed by atoms with E-state index in [0.29, 0.717) is 22.8 Å². The molecule has 0 aliphatic carbocycles. The molecule has 0 radical (unpaired) electrons. The molecule has 0 saturated carbocycles. The van der Waals surface area contributed by atoms with Crippen molar-refractivity contribution in [3.05, 3.63) is 70.8 Å². The van der Waals surface area contributed by atoms with Crippen molar-refractivity contribution in [2.45, 2.75) is 19.3 Å². The lowest BCUT2D eigenvalue weighted by molar-refractivity contribution is 0.237. The fourth-order valence-electron chi connectivity index (χ4n) is 4.34. The molecule has 1 fully saturated rings. The third-order valence-corrected chi connectivity index (χ3v) is 6.24. The first-order valence-corrected chi connectivity index (χ1v) is 11.5. The molecule has 0 spiro atoms. The highest BCUT2D eigenvalue weighted by Crippen LogP contribution is 2.28. The van der Waals surface area contributed by atoms with Crippen molar-refractivity contribution in [2.24, 2.45) is 4.99 Å². The monoisotopic (exact) mass is 449 g/mol. The number of benzene rings is 1. The maximum absolute atomic E-state index is 14.5. The van der Waals surface area contributed by atoms with Gasteiger partial charge >= 0.3 is 0 Å². The summed E-state index contributed by atoms with van der Waals surface area (Å²) in [4.78, 5) is 16.4. The third kappa shape index (κ3) is 4.52. The number of likely N-dealkylation sites (tertiary alicyclic amines) is 1. The number of allylic oxidation sites excluding steroid dienone is 1. The van der Waals surface area contributed by atoms with Gasteiger partial charge in [-0.2, -0.15) is 0 Å². The van der Waals surface area contributed by atoms with Crippen LogP contribution in [0.4, 0.5) is 10.1 Å². The molecule has 1 aromatic carbocycles. The molecule has 0 amide bonds. The summed E-state index contributed by atoms with van der Waals surface area (Å²) in [5.41, 5.74) is 5.12. The number of pyridine rings is 2. The lowest BCUT2D eigenvalue weighted by Crippen LogP contribution is -2.33. The van der Waals surface area contributed by atoms with E-state index in [1.807, 2.05) is 30.5 Å². The molecule has 4 heterocycles. The van der Waals surface area contributed by atoms with Crippen LogP contribution in [0, 0.1) is 5.82 Å². The van der Waals surface area contributed by atoms with Crippen LogP contribution < -0.4 is 5.32 Å². The second-order valence-electron chi connectivity index (χ2n) is 8.22. The number of anilines is 1. The van der Waals surface area contributed by atoms with Crippen LogP contribution in [0.15, 0.2) is 53.7 Å². The van der Waals surface area contributed by atoms with Crippen molar-refractivity contribution in [2.75, 3.05) is 38.0 Å². The van der Waals surface area contributed by atoms with Gasteiger partial charge in [0.05, 0.1) is 40.9 Å². The van der Waals surface area contributed by atoms with E-state index in [1.54, 1.807) is 12.1 Å². The van der Waals surface area contributed by atoms with Crippen LogP contribution in [-0.4, -0.2) is 53.3 Å². The number of halogens is 2. The molecule has 32 heavy (non-hydrogen) atoms. The average Bonchev–Trinajstić information content (AvgIpc) is 3.31. The zero-order valence-electron chi connectivity index (χ0n) is 17.8. The van der Waals surface area contributed by atoms with Crippen molar-refractivity contribution >= 4 is 39.6 Å². The van der Waals surface area contributed by atoms with Crippen LogP contribution in [-0.2, 0) is 0 Å². The van der Waals surface area contributed by atoms with Gasteiger partial charge in [0.1, 0.15) is 5.82 Å². The Kier molecular flexibility index (Phi) is 6.14. The molecule has 2 aliphatic rings. The summed E-state index contributed by atoms with van der Waals surface area (Å²) in [5, 5.41) is 3.95. The molecule has 7 heteroatoms. The fourth-order valence-corrected chi connectivity index (χ4v) is 4.51. The zero-order valence-corrected chi connectivity index (χ0v) is 18.6. The standard InChI is InChI=1S/C25H25ClFN5/c26-17-4-5-21(27)20(14-17)25-19(8-9-29-25)22-6-7-23-24(31-22)15-18(16-30-23)28-10-13-32-11-2-1-3-12-32/h4-8,14-16,28H,1-3,9-13H2. The summed E-state index contributed by atoms with van der Waals surface area (Å²) in [7, 11) is 0. The van der Waals surface area contributed by atoms with Crippen molar-refractivity contribution < 1.29 is 4.39 Å². The summed E-state index contributed by atoms with van der Waals surface area (Å²) < 4.78 is 14.5. The van der Waals surface area contributed by atoms with Crippen LogP contribution in [0.3, 0.4) is 0 Å². The van der Waals surface area contributed by atoms with Gasteiger partial charge in [-0.1, -0.05) is 24.1 Å². The van der Waals surface area contributed by atoms with Crippen LogP contribution in [0.5, 0.6) is 0 Å². The van der Waals surface area contributed by atoms with Crippen molar-refractivity contribution in [1.29, 1.82) is 0 Å². The molecule has 5 nitrogen and oxygen atoms in total. The van der Waals surface area contributed by atoms with Gasteiger partial charge in [0, 0.05) is 29.2 Å². The highest BCUT2D eigenvalue weighted by Gasteiger charge is 2.21. The van der Waals surface area contributed by atoms with Gasteiger partial charge in [0.15, 0.2) is 0 Å². The van der Waals surface area contributed by atoms with Crippen molar-refractivity contribution in [3.8, 4) is 0 Å². The Morgan fingerprint density at radius 1 is 1.03 bits per heavy atom. The average molecular weight is 450 g/mol. The molecule has 0 unspecified atom stereocenters. The predicted octanol–water partition coefficient (Wildman–Crippen LogP) is 5.21. The van der Waals surface area contributed by atoms with Crippen LogP contribution >= 0.6 is 11.6 Å². The molecule has 1 N–H and O–H groups in total. The lowest BCUT2D eigenvalue weighted by atomic mass is 10.00. The Balaban J connectivity index is 1.35. The predicted molar refractivity (Wildman–Crippen MR) is 129 cm³/mol. The normalized spacial score (nSPS) is 16.8. The summed E-state index contributed by atoms with van der Waals surface area (Å²) >= 11 is 6.10. The number of piperidine rings is 1. The maximum Gasteiger partial charge on any atom is 0.132 e. The fraction of sp³-hybridized carbons (Fsp3) is 0.320. The second-order valence-corrected chi connectivity index (χ2v) is 8.66. The van der Waals surface area contributed by atoms with Crippen LogP contribution in [0.1, 0.15) is 30.5 Å². The van der Waals surface area contributed by atoms with E-state index in [9.17, 15) is 4.39 Å². The molecular formula is C25H25ClFN5. The molecule has 0 atom stereocenters. The molecule has 0 bridgehead atoms. The van der Waals surface area contributed by atoms with Crippen molar-refractivity contribution in [3.63, 3.8) is 0 Å². The van der Waals surface area contributed by atoms with E-state index < -0.39 is 0 Å². The number of nitrogens with zero attached hydrogens (tertiary/aromatic N) is 4. The highest BCUT2D eigenvalue weighted by atomic mass is 35.5. The molecule has 2 aliphatic heterocycles. The number of fused-ring (bicyclic) bond motifs is 1. The second kappa shape index (κ2) is 9.35. The summed E-state index contributed by atoms with van der Waals surface area (Å²) in [5.74, 6) is -0.344. The number of aliphatic imine (C=N–C) groups is 1. The molecular weight excluding hydrogens is 425 g/mol. The highest BCUT2D eigenvalue weighted by molar-refractivity contribution is 6.35. The molecule has 1 saturated heterocycles. The quantitative estimate of drug-likeness (QED) is 0.561. The maximum atomic E-state index is 14.5. The Labute approximate surface area is 192 Å². The molecule has 5 rings (SSSR count). The van der Waals surface area contributed by atoms with E-state index >= 15 is 0 Å².